The molecule has 0 radical (unpaired) electrons. The minimum Gasteiger partial charge on any atom is -0.497 e. The molecule has 3 rings (SSSR count). The monoisotopic (exact) mass is 423 g/mol. The maximum atomic E-state index is 12.7. The van der Waals surface area contributed by atoms with Crippen molar-refractivity contribution in [2.24, 2.45) is 5.92 Å². The van der Waals surface area contributed by atoms with Crippen molar-refractivity contribution in [2.45, 2.75) is 45.2 Å². The van der Waals surface area contributed by atoms with Gasteiger partial charge in [-0.25, -0.2) is 0 Å². The van der Waals surface area contributed by atoms with E-state index in [4.69, 9.17) is 4.74 Å². The van der Waals surface area contributed by atoms with Gasteiger partial charge >= 0.3 is 11.8 Å². The minimum absolute atomic E-state index is 0.0255. The third-order valence-electron chi connectivity index (χ3n) is 5.59. The molecule has 0 aromatic heterocycles. The maximum Gasteiger partial charge on any atom is 0.313 e. The minimum atomic E-state index is -0.769. The van der Waals surface area contributed by atoms with E-state index >= 15 is 0 Å². The van der Waals surface area contributed by atoms with E-state index < -0.39 is 11.8 Å². The average molecular weight is 424 g/mol. The number of methoxy groups -OCH3 is 1. The number of ether oxygens (including phenoxy) is 1. The molecule has 7 heteroatoms. The van der Waals surface area contributed by atoms with Crippen LogP contribution >= 0.6 is 0 Å². The lowest BCUT2D eigenvalue weighted by atomic mass is 9.87. The van der Waals surface area contributed by atoms with E-state index in [0.29, 0.717) is 23.7 Å². The molecule has 0 spiro atoms. The van der Waals surface area contributed by atoms with Gasteiger partial charge in [-0.3, -0.25) is 14.4 Å². The molecule has 2 aromatic rings. The molecule has 3 N–H and O–H groups in total. The molecule has 3 amide bonds. The van der Waals surface area contributed by atoms with Gasteiger partial charge in [0.25, 0.3) is 5.91 Å². The van der Waals surface area contributed by atoms with Crippen molar-refractivity contribution in [3.63, 3.8) is 0 Å². The summed E-state index contributed by atoms with van der Waals surface area (Å²) in [5.41, 5.74) is 1.51. The Bertz CT molecular complexity index is 919. The van der Waals surface area contributed by atoms with Crippen molar-refractivity contribution in [1.29, 1.82) is 0 Å². The highest BCUT2D eigenvalue weighted by molar-refractivity contribution is 6.40. The number of anilines is 1. The lowest BCUT2D eigenvalue weighted by molar-refractivity contribution is -0.136. The molecular weight excluding hydrogens is 394 g/mol. The zero-order valence-electron chi connectivity index (χ0n) is 17.9. The Morgan fingerprint density at radius 1 is 0.935 bits per heavy atom. The van der Waals surface area contributed by atoms with Gasteiger partial charge in [-0.15, -0.1) is 0 Å². The van der Waals surface area contributed by atoms with Crippen molar-refractivity contribution in [2.75, 3.05) is 12.4 Å². The molecule has 1 saturated carbocycles. The van der Waals surface area contributed by atoms with Crippen LogP contribution in [0.1, 0.15) is 48.5 Å². The molecule has 0 aliphatic heterocycles. The predicted molar refractivity (Wildman–Crippen MR) is 119 cm³/mol. The van der Waals surface area contributed by atoms with Crippen LogP contribution in [0, 0.1) is 5.92 Å². The van der Waals surface area contributed by atoms with Crippen LogP contribution in [0.2, 0.25) is 0 Å². The summed E-state index contributed by atoms with van der Waals surface area (Å²) in [6, 6.07) is 14.0. The molecular formula is C24H29N3O4. The Morgan fingerprint density at radius 3 is 2.29 bits per heavy atom. The first kappa shape index (κ1) is 22.3. The second-order valence-corrected chi connectivity index (χ2v) is 7.96. The summed E-state index contributed by atoms with van der Waals surface area (Å²) >= 11 is 0. The molecule has 7 nitrogen and oxygen atoms in total. The van der Waals surface area contributed by atoms with Crippen LogP contribution < -0.4 is 20.7 Å². The average Bonchev–Trinajstić information content (AvgIpc) is 2.79. The lowest BCUT2D eigenvalue weighted by Crippen LogP contribution is -2.43. The van der Waals surface area contributed by atoms with E-state index in [9.17, 15) is 14.4 Å². The summed E-state index contributed by atoms with van der Waals surface area (Å²) in [6.07, 6.45) is 3.85. The summed E-state index contributed by atoms with van der Waals surface area (Å²) in [6.45, 7) is 2.52. The van der Waals surface area contributed by atoms with Gasteiger partial charge in [0, 0.05) is 12.6 Å². The highest BCUT2D eigenvalue weighted by Gasteiger charge is 2.23. The molecule has 0 atom stereocenters. The number of carbonyl (C=O) groups excluding carboxylic acids is 3. The Kier molecular flexibility index (Phi) is 7.65. The Balaban J connectivity index is 1.57. The molecule has 0 bridgehead atoms. The number of nitrogens with one attached hydrogen (secondary N) is 3. The van der Waals surface area contributed by atoms with Gasteiger partial charge in [-0.2, -0.15) is 0 Å². The van der Waals surface area contributed by atoms with Crippen molar-refractivity contribution in [3.05, 3.63) is 59.7 Å². The van der Waals surface area contributed by atoms with Crippen molar-refractivity contribution in [3.8, 4) is 5.75 Å². The molecule has 2 aromatic carbocycles. The number of hydrogen-bond donors (Lipinski definition) is 3. The van der Waals surface area contributed by atoms with Crippen molar-refractivity contribution < 1.29 is 19.1 Å². The fraction of sp³-hybridized carbons (Fsp3) is 0.375. The maximum absolute atomic E-state index is 12.7. The van der Waals surface area contributed by atoms with Gasteiger partial charge in [0.05, 0.1) is 18.4 Å². The summed E-state index contributed by atoms with van der Waals surface area (Å²) in [5, 5.41) is 8.21. The summed E-state index contributed by atoms with van der Waals surface area (Å²) in [5.74, 6) is -0.384. The second-order valence-electron chi connectivity index (χ2n) is 7.96. The van der Waals surface area contributed by atoms with Gasteiger partial charge in [0.2, 0.25) is 0 Å². The predicted octanol–water partition coefficient (Wildman–Crippen LogP) is 3.26. The van der Waals surface area contributed by atoms with Crippen LogP contribution in [0.3, 0.4) is 0 Å². The Labute approximate surface area is 182 Å². The second kappa shape index (κ2) is 10.6. The van der Waals surface area contributed by atoms with Crippen LogP contribution in [0.25, 0.3) is 0 Å². The molecule has 0 heterocycles. The van der Waals surface area contributed by atoms with Crippen LogP contribution in [-0.4, -0.2) is 30.9 Å². The quantitative estimate of drug-likeness (QED) is 0.622. The van der Waals surface area contributed by atoms with E-state index in [1.54, 1.807) is 31.4 Å². The molecule has 31 heavy (non-hydrogen) atoms. The SMILES string of the molecule is COc1ccc(CNC(=O)c2ccccc2NC(=O)C(=O)NC2CCC(C)CC2)cc1. The zero-order chi connectivity index (χ0) is 22.2. The number of amides is 3. The van der Waals surface area contributed by atoms with Crippen LogP contribution in [-0.2, 0) is 16.1 Å². The van der Waals surface area contributed by atoms with E-state index in [1.807, 2.05) is 24.3 Å². The molecule has 1 fully saturated rings. The van der Waals surface area contributed by atoms with E-state index in [0.717, 1.165) is 37.0 Å². The smallest absolute Gasteiger partial charge is 0.313 e. The van der Waals surface area contributed by atoms with Gasteiger partial charge < -0.3 is 20.7 Å². The van der Waals surface area contributed by atoms with Crippen LogP contribution in [0.15, 0.2) is 48.5 Å². The molecule has 0 unspecified atom stereocenters. The standard InChI is InChI=1S/C24H29N3O4/c1-16-7-11-18(12-8-16)26-23(29)24(30)27-21-6-4-3-5-20(21)22(28)25-15-17-9-13-19(31-2)14-10-17/h3-6,9-10,13-14,16,18H,7-8,11-12,15H2,1-2H3,(H,25,28)(H,26,29)(H,27,30). The number of hydrogen-bond acceptors (Lipinski definition) is 4. The van der Waals surface area contributed by atoms with E-state index in [-0.39, 0.29) is 11.9 Å². The van der Waals surface area contributed by atoms with Gasteiger partial charge in [-0.05, 0) is 61.4 Å². The first-order valence-electron chi connectivity index (χ1n) is 10.6. The van der Waals surface area contributed by atoms with Crippen LogP contribution in [0.5, 0.6) is 5.75 Å². The lowest BCUT2D eigenvalue weighted by Gasteiger charge is -2.26. The normalized spacial score (nSPS) is 18.0. The number of para-hydroxylation sites is 1. The topological polar surface area (TPSA) is 96.5 Å². The third kappa shape index (κ3) is 6.31. The number of rotatable bonds is 6. The third-order valence-corrected chi connectivity index (χ3v) is 5.59. The highest BCUT2D eigenvalue weighted by atomic mass is 16.5. The molecule has 0 saturated heterocycles. The fourth-order valence-electron chi connectivity index (χ4n) is 3.65. The zero-order valence-corrected chi connectivity index (χ0v) is 17.9. The van der Waals surface area contributed by atoms with E-state index in [1.165, 1.54) is 0 Å². The van der Waals surface area contributed by atoms with Gasteiger partial charge in [-0.1, -0.05) is 31.2 Å². The van der Waals surface area contributed by atoms with E-state index in [2.05, 4.69) is 22.9 Å². The Morgan fingerprint density at radius 2 is 1.61 bits per heavy atom. The van der Waals surface area contributed by atoms with Gasteiger partial charge in [0.15, 0.2) is 0 Å². The van der Waals surface area contributed by atoms with Crippen molar-refractivity contribution in [1.82, 2.24) is 10.6 Å². The molecule has 164 valence electrons. The molecule has 1 aliphatic carbocycles. The summed E-state index contributed by atoms with van der Waals surface area (Å²) in [4.78, 5) is 37.4. The number of carbonyl (C=O) groups is 3. The van der Waals surface area contributed by atoms with Crippen molar-refractivity contribution >= 4 is 23.4 Å². The first-order chi connectivity index (χ1) is 15.0. The fourth-order valence-corrected chi connectivity index (χ4v) is 3.65. The largest absolute Gasteiger partial charge is 0.497 e. The first-order valence-corrected chi connectivity index (χ1v) is 10.6. The number of benzene rings is 2. The van der Waals surface area contributed by atoms with Crippen LogP contribution in [0.4, 0.5) is 5.69 Å². The molecule has 1 aliphatic rings. The van der Waals surface area contributed by atoms with Gasteiger partial charge in [0.1, 0.15) is 5.75 Å². The summed E-state index contributed by atoms with van der Waals surface area (Å²) < 4.78 is 5.13. The summed E-state index contributed by atoms with van der Waals surface area (Å²) in [7, 11) is 1.60. The highest BCUT2D eigenvalue weighted by Crippen LogP contribution is 2.23. The Hall–Kier alpha value is -3.35.